The molecule has 0 spiro atoms. The number of anilines is 1. The minimum Gasteiger partial charge on any atom is -0.490 e. The Labute approximate surface area is 221 Å². The lowest BCUT2D eigenvalue weighted by molar-refractivity contribution is -0.137. The third-order valence-electron chi connectivity index (χ3n) is 7.31. The molecule has 8 nitrogen and oxygen atoms in total. The van der Waals surface area contributed by atoms with E-state index in [1.54, 1.807) is 30.2 Å². The zero-order chi connectivity index (χ0) is 26.9. The topological polar surface area (TPSA) is 65.9 Å². The predicted octanol–water partition coefficient (Wildman–Crippen LogP) is 4.64. The third kappa shape index (κ3) is 6.68. The number of carbonyl (C=O) groups excluding carboxylic acids is 1. The number of piperidine rings is 1. The number of alkyl halides is 3. The lowest BCUT2D eigenvalue weighted by atomic mass is 10.1. The van der Waals surface area contributed by atoms with Gasteiger partial charge in [-0.25, -0.2) is 4.79 Å². The third-order valence-corrected chi connectivity index (χ3v) is 7.31. The molecule has 5 rings (SSSR count). The van der Waals surface area contributed by atoms with Crippen molar-refractivity contribution in [3.8, 4) is 5.75 Å². The van der Waals surface area contributed by atoms with Gasteiger partial charge in [0.25, 0.3) is 0 Å². The van der Waals surface area contributed by atoms with Gasteiger partial charge >= 0.3 is 12.2 Å². The number of likely N-dealkylation sites (tertiary alicyclic amines) is 1. The molecule has 1 N–H and O–H groups in total. The molecule has 1 aromatic heterocycles. The molecule has 2 saturated heterocycles. The average Bonchev–Trinajstić information content (AvgIpc) is 3.62. The molecular weight excluding hydrogens is 497 g/mol. The smallest absolute Gasteiger partial charge is 0.416 e. The molecule has 1 saturated carbocycles. The Morgan fingerprint density at radius 1 is 1.08 bits per heavy atom. The number of carbonyl (C=O) groups is 1. The Morgan fingerprint density at radius 2 is 1.79 bits per heavy atom. The van der Waals surface area contributed by atoms with Gasteiger partial charge in [-0.05, 0) is 56.4 Å². The number of hydrogen-bond donors (Lipinski definition) is 1. The fourth-order valence-corrected chi connectivity index (χ4v) is 5.19. The lowest BCUT2D eigenvalue weighted by Gasteiger charge is -2.34. The first-order valence-corrected chi connectivity index (χ1v) is 13.3. The fraction of sp³-hybridized carbons (Fsp3) is 0.556. The van der Waals surface area contributed by atoms with Gasteiger partial charge in [0.05, 0.1) is 5.56 Å². The summed E-state index contributed by atoms with van der Waals surface area (Å²) in [5.74, 6) is 0.826. The molecule has 0 atom stereocenters. The first-order valence-electron chi connectivity index (χ1n) is 13.3. The summed E-state index contributed by atoms with van der Waals surface area (Å²) in [6.45, 7) is 9.83. The van der Waals surface area contributed by atoms with Crippen molar-refractivity contribution in [3.05, 3.63) is 53.9 Å². The summed E-state index contributed by atoms with van der Waals surface area (Å²) in [6, 6.07) is 6.23. The number of benzene rings is 1. The van der Waals surface area contributed by atoms with Crippen LogP contribution in [0.25, 0.3) is 0 Å². The molecule has 3 aliphatic rings. The zero-order valence-electron chi connectivity index (χ0n) is 21.7. The Balaban J connectivity index is 1.18. The van der Waals surface area contributed by atoms with Crippen LogP contribution in [0.1, 0.15) is 43.7 Å². The van der Waals surface area contributed by atoms with Gasteiger partial charge in [-0.1, -0.05) is 6.58 Å². The highest BCUT2D eigenvalue weighted by atomic mass is 19.4. The monoisotopic (exact) mass is 532 g/mol. The zero-order valence-corrected chi connectivity index (χ0v) is 21.7. The maximum Gasteiger partial charge on any atom is 0.416 e. The van der Waals surface area contributed by atoms with Crippen molar-refractivity contribution < 1.29 is 22.7 Å². The van der Waals surface area contributed by atoms with E-state index < -0.39 is 11.7 Å². The van der Waals surface area contributed by atoms with Crippen molar-refractivity contribution in [2.75, 3.05) is 44.6 Å². The van der Waals surface area contributed by atoms with Crippen molar-refractivity contribution in [2.24, 2.45) is 0 Å². The molecule has 1 aromatic carbocycles. The highest BCUT2D eigenvalue weighted by Gasteiger charge is 2.34. The highest BCUT2D eigenvalue weighted by molar-refractivity contribution is 5.76. The minimum absolute atomic E-state index is 0.0655. The van der Waals surface area contributed by atoms with E-state index in [2.05, 4.69) is 26.8 Å². The molecule has 11 heteroatoms. The summed E-state index contributed by atoms with van der Waals surface area (Å²) < 4.78 is 48.4. The summed E-state index contributed by atoms with van der Waals surface area (Å²) >= 11 is 0. The first kappa shape index (κ1) is 26.6. The molecule has 38 heavy (non-hydrogen) atoms. The molecule has 2 aromatic rings. The van der Waals surface area contributed by atoms with Crippen LogP contribution in [0.15, 0.2) is 42.7 Å². The molecule has 1 aliphatic carbocycles. The number of piperazine rings is 1. The average molecular weight is 533 g/mol. The number of amides is 1. The summed E-state index contributed by atoms with van der Waals surface area (Å²) in [7, 11) is 0. The van der Waals surface area contributed by atoms with Crippen LogP contribution < -0.4 is 10.1 Å². The standard InChI is InChI=1S/C27H35F3N6O2/c1-19(2)31-25-7-10-36(32-25)26(37)35-13-11-33(12-14-35)18-20-15-21(27(28,29)30)17-24(16-20)38-23-5-8-34(9-6-23)22-3-4-22/h7,10,15-17,22-23H,1,3-6,8-9,11-14,18H2,2H3,(H,31,32). The summed E-state index contributed by atoms with van der Waals surface area (Å²) in [5, 5.41) is 7.21. The second kappa shape index (κ2) is 11.0. The normalized spacial score (nSPS) is 19.9. The lowest BCUT2D eigenvalue weighted by Crippen LogP contribution is -2.49. The van der Waals surface area contributed by atoms with E-state index in [-0.39, 0.29) is 17.9 Å². The van der Waals surface area contributed by atoms with Gasteiger partial charge in [0.1, 0.15) is 11.9 Å². The van der Waals surface area contributed by atoms with E-state index in [1.807, 2.05) is 0 Å². The number of ether oxygens (including phenoxy) is 1. The molecule has 0 radical (unpaired) electrons. The highest BCUT2D eigenvalue weighted by Crippen LogP contribution is 2.35. The molecule has 206 valence electrons. The Hall–Kier alpha value is -3.05. The van der Waals surface area contributed by atoms with Crippen molar-refractivity contribution in [1.29, 1.82) is 0 Å². The molecule has 0 unspecified atom stereocenters. The Morgan fingerprint density at radius 3 is 2.42 bits per heavy atom. The van der Waals surface area contributed by atoms with Gasteiger partial charge in [0.2, 0.25) is 0 Å². The van der Waals surface area contributed by atoms with Gasteiger partial charge in [-0.3, -0.25) is 4.90 Å². The molecular formula is C27H35F3N6O2. The second-order valence-corrected chi connectivity index (χ2v) is 10.5. The molecule has 1 amide bonds. The van der Waals surface area contributed by atoms with Crippen LogP contribution in [0.5, 0.6) is 5.75 Å². The van der Waals surface area contributed by atoms with Crippen LogP contribution in [0.4, 0.5) is 23.8 Å². The van der Waals surface area contributed by atoms with E-state index in [4.69, 9.17) is 4.74 Å². The second-order valence-electron chi connectivity index (χ2n) is 10.5. The number of allylic oxidation sites excluding steroid dienone is 1. The van der Waals surface area contributed by atoms with E-state index in [1.165, 1.54) is 23.6 Å². The maximum absolute atomic E-state index is 13.7. The van der Waals surface area contributed by atoms with Gasteiger partial charge in [-0.2, -0.15) is 17.9 Å². The minimum atomic E-state index is -4.45. The summed E-state index contributed by atoms with van der Waals surface area (Å²) in [6.07, 6.45) is 1.25. The van der Waals surface area contributed by atoms with Crippen molar-refractivity contribution in [3.63, 3.8) is 0 Å². The van der Waals surface area contributed by atoms with Crippen molar-refractivity contribution in [1.82, 2.24) is 24.5 Å². The van der Waals surface area contributed by atoms with Crippen LogP contribution in [0, 0.1) is 0 Å². The summed E-state index contributed by atoms with van der Waals surface area (Å²) in [4.78, 5) is 19.1. The fourth-order valence-electron chi connectivity index (χ4n) is 5.19. The SMILES string of the molecule is C=C(C)Nc1ccn(C(=O)N2CCN(Cc3cc(OC4CCN(C5CC5)CC4)cc(C(F)(F)F)c3)CC2)n1. The van der Waals surface area contributed by atoms with E-state index in [9.17, 15) is 18.0 Å². The van der Waals surface area contributed by atoms with Crippen LogP contribution in [-0.4, -0.2) is 81.9 Å². The molecule has 3 heterocycles. The number of rotatable bonds is 7. The van der Waals surface area contributed by atoms with Crippen molar-refractivity contribution in [2.45, 2.75) is 57.5 Å². The Kier molecular flexibility index (Phi) is 7.67. The number of hydrogen-bond acceptors (Lipinski definition) is 6. The van der Waals surface area contributed by atoms with E-state index in [0.717, 1.165) is 37.7 Å². The maximum atomic E-state index is 13.7. The molecule has 3 fully saturated rings. The van der Waals surface area contributed by atoms with Gasteiger partial charge in [-0.15, -0.1) is 5.10 Å². The van der Waals surface area contributed by atoms with Gasteiger partial charge < -0.3 is 19.9 Å². The van der Waals surface area contributed by atoms with E-state index in [0.29, 0.717) is 50.1 Å². The van der Waals surface area contributed by atoms with Gasteiger partial charge in [0.15, 0.2) is 5.82 Å². The molecule has 0 bridgehead atoms. The van der Waals surface area contributed by atoms with E-state index >= 15 is 0 Å². The van der Waals surface area contributed by atoms with Crippen molar-refractivity contribution >= 4 is 11.8 Å². The number of halogens is 3. The quantitative estimate of drug-likeness (QED) is 0.561. The predicted molar refractivity (Wildman–Crippen MR) is 138 cm³/mol. The number of nitrogens with one attached hydrogen (secondary N) is 1. The number of nitrogens with zero attached hydrogens (tertiary/aromatic N) is 5. The number of aromatic nitrogens is 2. The van der Waals surface area contributed by atoms with Crippen LogP contribution in [0.2, 0.25) is 0 Å². The largest absolute Gasteiger partial charge is 0.490 e. The molecule has 2 aliphatic heterocycles. The van der Waals surface area contributed by atoms with Crippen LogP contribution >= 0.6 is 0 Å². The Bertz CT molecular complexity index is 1150. The van der Waals surface area contributed by atoms with Gasteiger partial charge in [0, 0.05) is 69.8 Å². The summed E-state index contributed by atoms with van der Waals surface area (Å²) in [5.41, 5.74) is 0.595. The van der Waals surface area contributed by atoms with Crippen LogP contribution in [0.3, 0.4) is 0 Å². The van der Waals surface area contributed by atoms with Crippen LogP contribution in [-0.2, 0) is 12.7 Å². The first-order chi connectivity index (χ1) is 18.1.